The first-order valence-electron chi connectivity index (χ1n) is 8.61. The molecule has 0 aliphatic rings. The molecule has 0 unspecified atom stereocenters. The average molecular weight is 427 g/mol. The average Bonchev–Trinajstić information content (AvgIpc) is 3.10. The van der Waals surface area contributed by atoms with Crippen LogP contribution in [0.2, 0.25) is 10.0 Å². The van der Waals surface area contributed by atoms with E-state index in [1.54, 1.807) is 40.9 Å². The number of halogens is 3. The maximum Gasteiger partial charge on any atom is 0.298 e. The standard InChI is InChI=1S/C22H13Cl2FN2O2/c23-14-6-9-18(24)19(11-14)26-22(29)21(28)20-17(13-4-7-15(25)8-5-13)12-16-3-1-2-10-27(16)20/h1-12H,(H,26,29). The lowest BCUT2D eigenvalue weighted by Gasteiger charge is -2.09. The first-order chi connectivity index (χ1) is 13.9. The van der Waals surface area contributed by atoms with E-state index in [1.807, 2.05) is 12.1 Å². The van der Waals surface area contributed by atoms with Crippen molar-refractivity contribution >= 4 is 46.1 Å². The lowest BCUT2D eigenvalue weighted by molar-refractivity contribution is -0.112. The summed E-state index contributed by atoms with van der Waals surface area (Å²) in [5, 5.41) is 3.14. The Morgan fingerprint density at radius 2 is 1.69 bits per heavy atom. The SMILES string of the molecule is O=C(Nc1cc(Cl)ccc1Cl)C(=O)c1c(-c2ccc(F)cc2)cc2ccccn12. The molecule has 0 aliphatic carbocycles. The van der Waals surface area contributed by atoms with Gasteiger partial charge < -0.3 is 9.72 Å². The number of aromatic nitrogens is 1. The van der Waals surface area contributed by atoms with Crippen LogP contribution in [0.5, 0.6) is 0 Å². The summed E-state index contributed by atoms with van der Waals surface area (Å²) in [6.07, 6.45) is 1.69. The second-order valence-electron chi connectivity index (χ2n) is 6.32. The van der Waals surface area contributed by atoms with Crippen molar-refractivity contribution in [2.24, 2.45) is 0 Å². The van der Waals surface area contributed by atoms with E-state index in [2.05, 4.69) is 5.32 Å². The van der Waals surface area contributed by atoms with E-state index in [0.29, 0.717) is 16.1 Å². The molecular formula is C22H13Cl2FN2O2. The number of hydrogen-bond acceptors (Lipinski definition) is 2. The van der Waals surface area contributed by atoms with E-state index in [0.717, 1.165) is 5.52 Å². The van der Waals surface area contributed by atoms with Gasteiger partial charge in [0.05, 0.1) is 10.7 Å². The summed E-state index contributed by atoms with van der Waals surface area (Å²) in [4.78, 5) is 25.8. The Balaban J connectivity index is 1.78. The molecule has 0 aliphatic heterocycles. The molecule has 4 rings (SSSR count). The molecule has 1 N–H and O–H groups in total. The van der Waals surface area contributed by atoms with E-state index < -0.39 is 17.5 Å². The summed E-state index contributed by atoms with van der Waals surface area (Å²) >= 11 is 12.0. The van der Waals surface area contributed by atoms with Crippen LogP contribution in [0, 0.1) is 5.82 Å². The van der Waals surface area contributed by atoms with Crippen LogP contribution in [0.3, 0.4) is 0 Å². The molecule has 4 aromatic rings. The van der Waals surface area contributed by atoms with Crippen LogP contribution < -0.4 is 5.32 Å². The second kappa shape index (κ2) is 7.70. The van der Waals surface area contributed by atoms with E-state index in [4.69, 9.17) is 23.2 Å². The van der Waals surface area contributed by atoms with E-state index >= 15 is 0 Å². The number of rotatable bonds is 4. The van der Waals surface area contributed by atoms with E-state index in [9.17, 15) is 14.0 Å². The lowest BCUT2D eigenvalue weighted by atomic mass is 10.0. The number of hydrogen-bond donors (Lipinski definition) is 1. The van der Waals surface area contributed by atoms with Gasteiger partial charge in [-0.25, -0.2) is 4.39 Å². The summed E-state index contributed by atoms with van der Waals surface area (Å²) in [6.45, 7) is 0. The number of benzene rings is 2. The highest BCUT2D eigenvalue weighted by Crippen LogP contribution is 2.30. The van der Waals surface area contributed by atoms with Gasteiger partial charge in [0.15, 0.2) is 0 Å². The lowest BCUT2D eigenvalue weighted by Crippen LogP contribution is -2.24. The quantitative estimate of drug-likeness (QED) is 0.327. The number of carbonyl (C=O) groups excluding carboxylic acids is 2. The molecule has 144 valence electrons. The third-order valence-electron chi connectivity index (χ3n) is 4.43. The van der Waals surface area contributed by atoms with Crippen molar-refractivity contribution < 1.29 is 14.0 Å². The van der Waals surface area contributed by atoms with Gasteiger partial charge in [-0.05, 0) is 54.1 Å². The van der Waals surface area contributed by atoms with Gasteiger partial charge in [0.25, 0.3) is 11.7 Å². The molecule has 0 fully saturated rings. The Morgan fingerprint density at radius 3 is 2.45 bits per heavy atom. The highest BCUT2D eigenvalue weighted by Gasteiger charge is 2.25. The normalized spacial score (nSPS) is 10.9. The molecule has 0 bridgehead atoms. The van der Waals surface area contributed by atoms with Gasteiger partial charge in [-0.3, -0.25) is 9.59 Å². The van der Waals surface area contributed by atoms with Gasteiger partial charge in [-0.15, -0.1) is 0 Å². The molecule has 0 saturated carbocycles. The van der Waals surface area contributed by atoms with Crippen molar-refractivity contribution in [3.63, 3.8) is 0 Å². The Labute approximate surface area is 175 Å². The van der Waals surface area contributed by atoms with Crippen molar-refractivity contribution in [3.8, 4) is 11.1 Å². The summed E-state index contributed by atoms with van der Waals surface area (Å²) < 4.78 is 15.0. The molecule has 7 heteroatoms. The smallest absolute Gasteiger partial charge is 0.298 e. The zero-order chi connectivity index (χ0) is 20.5. The van der Waals surface area contributed by atoms with E-state index in [-0.39, 0.29) is 16.4 Å². The van der Waals surface area contributed by atoms with Gasteiger partial charge in [-0.1, -0.05) is 41.4 Å². The molecule has 2 aromatic heterocycles. The van der Waals surface area contributed by atoms with Gasteiger partial charge in [0.2, 0.25) is 0 Å². The van der Waals surface area contributed by atoms with Crippen molar-refractivity contribution in [2.45, 2.75) is 0 Å². The van der Waals surface area contributed by atoms with Crippen LogP contribution in [0.15, 0.2) is 72.9 Å². The first kappa shape index (κ1) is 19.2. The van der Waals surface area contributed by atoms with Crippen LogP contribution in [0.4, 0.5) is 10.1 Å². The molecule has 29 heavy (non-hydrogen) atoms. The van der Waals surface area contributed by atoms with Crippen molar-refractivity contribution in [1.82, 2.24) is 4.40 Å². The van der Waals surface area contributed by atoms with Gasteiger partial charge in [-0.2, -0.15) is 0 Å². The molecule has 0 saturated heterocycles. The fourth-order valence-electron chi connectivity index (χ4n) is 3.08. The topological polar surface area (TPSA) is 50.6 Å². The van der Waals surface area contributed by atoms with Crippen LogP contribution in [-0.4, -0.2) is 16.1 Å². The van der Waals surface area contributed by atoms with Gasteiger partial charge in [0, 0.05) is 22.3 Å². The monoisotopic (exact) mass is 426 g/mol. The Kier molecular flexibility index (Phi) is 5.09. The number of amides is 1. The maximum absolute atomic E-state index is 13.3. The number of Topliss-reactive ketones (excluding diaryl/α,β-unsaturated/α-hetero) is 1. The number of ketones is 1. The molecule has 4 nitrogen and oxygen atoms in total. The van der Waals surface area contributed by atoms with Crippen molar-refractivity contribution in [1.29, 1.82) is 0 Å². The van der Waals surface area contributed by atoms with E-state index in [1.165, 1.54) is 24.3 Å². The molecule has 0 spiro atoms. The number of nitrogens with one attached hydrogen (secondary N) is 1. The minimum Gasteiger partial charge on any atom is -0.318 e. The Hall–Kier alpha value is -3.15. The van der Waals surface area contributed by atoms with Gasteiger partial charge >= 0.3 is 0 Å². The minimum atomic E-state index is -0.860. The number of nitrogens with zero attached hydrogens (tertiary/aromatic N) is 1. The zero-order valence-corrected chi connectivity index (χ0v) is 16.3. The molecule has 2 aromatic carbocycles. The molecule has 0 radical (unpaired) electrons. The van der Waals surface area contributed by atoms with Crippen LogP contribution in [0.1, 0.15) is 10.5 Å². The molecule has 0 atom stereocenters. The predicted molar refractivity (Wildman–Crippen MR) is 112 cm³/mol. The summed E-state index contributed by atoms with van der Waals surface area (Å²) in [7, 11) is 0. The van der Waals surface area contributed by atoms with Crippen molar-refractivity contribution in [2.75, 3.05) is 5.32 Å². The molecule has 2 heterocycles. The molecular weight excluding hydrogens is 414 g/mol. The van der Waals surface area contributed by atoms with Crippen molar-refractivity contribution in [3.05, 3.63) is 94.5 Å². The fraction of sp³-hybridized carbons (Fsp3) is 0. The molecule has 1 amide bonds. The summed E-state index contributed by atoms with van der Waals surface area (Å²) in [5.41, 5.74) is 2.27. The maximum atomic E-state index is 13.3. The fourth-order valence-corrected chi connectivity index (χ4v) is 3.42. The third-order valence-corrected chi connectivity index (χ3v) is 5.00. The largest absolute Gasteiger partial charge is 0.318 e. The summed E-state index contributed by atoms with van der Waals surface area (Å²) in [6, 6.07) is 17.5. The highest BCUT2D eigenvalue weighted by molar-refractivity contribution is 6.48. The first-order valence-corrected chi connectivity index (χ1v) is 9.36. The van der Waals surface area contributed by atoms with Gasteiger partial charge in [0.1, 0.15) is 11.5 Å². The minimum absolute atomic E-state index is 0.169. The second-order valence-corrected chi connectivity index (χ2v) is 7.16. The summed E-state index contributed by atoms with van der Waals surface area (Å²) in [5.74, 6) is -2.01. The number of fused-ring (bicyclic) bond motifs is 1. The van der Waals surface area contributed by atoms with Crippen LogP contribution in [-0.2, 0) is 4.79 Å². The number of carbonyl (C=O) groups is 2. The zero-order valence-electron chi connectivity index (χ0n) is 14.8. The number of pyridine rings is 1. The number of anilines is 1. The predicted octanol–water partition coefficient (Wildman–Crippen LogP) is 5.87. The highest BCUT2D eigenvalue weighted by atomic mass is 35.5. The van der Waals surface area contributed by atoms with Crippen LogP contribution >= 0.6 is 23.2 Å². The Morgan fingerprint density at radius 1 is 0.931 bits per heavy atom. The Bertz CT molecular complexity index is 1250. The third kappa shape index (κ3) is 3.75. The van der Waals surface area contributed by atoms with Crippen LogP contribution in [0.25, 0.3) is 16.6 Å².